The third kappa shape index (κ3) is 12.8. The van der Waals surface area contributed by atoms with Crippen LogP contribution in [0.1, 0.15) is 117 Å². The molecule has 5 atom stereocenters. The third-order valence-corrected chi connectivity index (χ3v) is 13.3. The van der Waals surface area contributed by atoms with Crippen LogP contribution in [0.25, 0.3) is 0 Å². The maximum Gasteiger partial charge on any atom is 0.411 e. The highest BCUT2D eigenvalue weighted by Crippen LogP contribution is 2.45. The van der Waals surface area contributed by atoms with E-state index in [4.69, 9.17) is 9.47 Å². The Labute approximate surface area is 377 Å². The first-order valence-electron chi connectivity index (χ1n) is 22.1. The van der Waals surface area contributed by atoms with Gasteiger partial charge in [-0.15, -0.1) is 6.58 Å². The Bertz CT molecular complexity index is 2190. The van der Waals surface area contributed by atoms with Crippen molar-refractivity contribution in [2.75, 3.05) is 11.9 Å². The van der Waals surface area contributed by atoms with Gasteiger partial charge in [0.25, 0.3) is 5.91 Å². The molecule has 2 aliphatic carbocycles. The number of isocyanates is 1. The lowest BCUT2D eigenvalue weighted by Crippen LogP contribution is -2.60. The number of ether oxygens (including phenoxy) is 2. The smallest absolute Gasteiger partial charge is 0.411 e. The van der Waals surface area contributed by atoms with Crippen molar-refractivity contribution in [2.45, 2.75) is 155 Å². The number of anilines is 1. The van der Waals surface area contributed by atoms with Crippen LogP contribution in [0.4, 0.5) is 21.0 Å². The predicted molar refractivity (Wildman–Crippen MR) is 244 cm³/mol. The highest BCUT2D eigenvalue weighted by Gasteiger charge is 2.62. The summed E-state index contributed by atoms with van der Waals surface area (Å²) >= 11 is 0. The second-order valence-corrected chi connectivity index (χ2v) is 20.5. The minimum atomic E-state index is -3.92. The van der Waals surface area contributed by atoms with Gasteiger partial charge in [-0.3, -0.25) is 24.4 Å². The Morgan fingerprint density at radius 2 is 1.45 bits per heavy atom. The van der Waals surface area contributed by atoms with Crippen LogP contribution in [-0.4, -0.2) is 90.4 Å². The summed E-state index contributed by atoms with van der Waals surface area (Å²) < 4.78 is 38.6. The quantitative estimate of drug-likeness (QED) is 0.0840. The largest absolute Gasteiger partial charge is 0.444 e. The molecule has 5 amide bonds. The van der Waals surface area contributed by atoms with Gasteiger partial charge in [0, 0.05) is 12.3 Å². The van der Waals surface area contributed by atoms with Crippen LogP contribution in [-0.2, 0) is 64.4 Å². The number of benzene rings is 2. The molecule has 1 unspecified atom stereocenters. The summed E-state index contributed by atoms with van der Waals surface area (Å²) in [5, 5.41) is 7.56. The van der Waals surface area contributed by atoms with E-state index in [2.05, 4.69) is 46.1 Å². The number of hydrogen-bond acceptors (Lipinski definition) is 11. The highest BCUT2D eigenvalue weighted by molar-refractivity contribution is 7.91. The predicted octanol–water partition coefficient (Wildman–Crippen LogP) is 6.72. The molecule has 2 aromatic rings. The van der Waals surface area contributed by atoms with Crippen LogP contribution < -0.4 is 20.7 Å². The Hall–Kier alpha value is -5.54. The van der Waals surface area contributed by atoms with Crippen molar-refractivity contribution in [3.8, 4) is 0 Å². The minimum absolute atomic E-state index is 0.110. The number of hydrogen-bond donors (Lipinski definition) is 4. The van der Waals surface area contributed by atoms with Crippen molar-refractivity contribution in [1.82, 2.24) is 20.3 Å². The lowest BCUT2D eigenvalue weighted by Gasteiger charge is -2.36. The van der Waals surface area contributed by atoms with Crippen LogP contribution in [0.5, 0.6) is 0 Å². The lowest BCUT2D eigenvalue weighted by atomic mass is 9.85. The van der Waals surface area contributed by atoms with Crippen molar-refractivity contribution in [3.63, 3.8) is 0 Å². The van der Waals surface area contributed by atoms with Gasteiger partial charge < -0.3 is 25.0 Å². The Morgan fingerprint density at radius 1 is 0.906 bits per heavy atom. The van der Waals surface area contributed by atoms with E-state index in [1.54, 1.807) is 47.6 Å². The number of rotatable bonds is 15. The summed E-state index contributed by atoms with van der Waals surface area (Å²) in [6, 6.07) is 9.32. The van der Waals surface area contributed by atoms with Gasteiger partial charge in [-0.2, -0.15) is 4.99 Å². The maximum atomic E-state index is 14.3. The first-order valence-corrected chi connectivity index (χ1v) is 23.6. The molecule has 2 aromatic carbocycles. The van der Waals surface area contributed by atoms with Crippen molar-refractivity contribution in [3.05, 3.63) is 71.3 Å². The highest BCUT2D eigenvalue weighted by atomic mass is 32.2. The van der Waals surface area contributed by atoms with Crippen LogP contribution in [0.15, 0.2) is 54.0 Å². The standard InChI is InChI=1S/C36H53N5O9S.C11H13NO/c1-10-21-14-13-15-22(11-2)27(21)37-32(45)49-24-18-26(41(20-24)30(43)28(34(4,5)6)38-33(46)50-35(7,8)9)29(42)39-36(19-23(36)12-3)31(44)40-51(47,48)25-16-17-25;1-3-9-6-5-7-10(4-2)11(9)12-8-13/h12-15,23-26,28H,3,10-11,16-20H2,1-2,4-9H3,(H,37,45)(H,38,46)(H,39,42)(H,40,44);5-7H,3-4H2,1-2H3/t23?,24-,26+,28-,36-;/m1./s1. The number of alkyl carbamates (subject to hydrolysis) is 1. The number of likely N-dealkylation sites (tertiary alicyclic amines) is 1. The second kappa shape index (κ2) is 21.0. The van der Waals surface area contributed by atoms with E-state index in [-0.39, 0.29) is 19.4 Å². The number of aryl methyl sites for hydroxylation is 4. The van der Waals surface area contributed by atoms with Crippen LogP contribution in [0.2, 0.25) is 0 Å². The molecular weight excluding hydrogens is 841 g/mol. The molecule has 5 rings (SSSR count). The zero-order valence-corrected chi connectivity index (χ0v) is 39.7. The zero-order valence-electron chi connectivity index (χ0n) is 38.9. The lowest BCUT2D eigenvalue weighted by molar-refractivity contribution is -0.143. The first kappa shape index (κ1) is 51.1. The van der Waals surface area contributed by atoms with Gasteiger partial charge in [-0.1, -0.05) is 90.9 Å². The van der Waals surface area contributed by atoms with Crippen LogP contribution in [0, 0.1) is 11.3 Å². The van der Waals surface area contributed by atoms with E-state index in [0.717, 1.165) is 40.8 Å². The van der Waals surface area contributed by atoms with E-state index < -0.39 is 85.8 Å². The number of aliphatic imine (C=N–C) groups is 1. The van der Waals surface area contributed by atoms with Crippen LogP contribution in [0.3, 0.4) is 0 Å². The number of amides is 5. The molecule has 16 nitrogen and oxygen atoms in total. The van der Waals surface area contributed by atoms with Gasteiger partial charge in [-0.05, 0) is 93.4 Å². The molecule has 2 saturated carbocycles. The van der Waals surface area contributed by atoms with Gasteiger partial charge in [-0.25, -0.2) is 22.8 Å². The number of nitrogens with zero attached hydrogens (tertiary/aromatic N) is 2. The summed E-state index contributed by atoms with van der Waals surface area (Å²) in [7, 11) is -3.92. The molecule has 1 saturated heterocycles. The van der Waals surface area contributed by atoms with E-state index in [0.29, 0.717) is 31.4 Å². The molecule has 0 bridgehead atoms. The number of nitrogens with one attached hydrogen (secondary N) is 4. The third-order valence-electron chi connectivity index (χ3n) is 11.5. The summed E-state index contributed by atoms with van der Waals surface area (Å²) in [5.41, 5.74) is 2.22. The molecule has 4 N–H and O–H groups in total. The fraction of sp³-hybridized carbons (Fsp3) is 0.574. The number of para-hydroxylation sites is 2. The molecule has 350 valence electrons. The second-order valence-electron chi connectivity index (χ2n) is 18.5. The average Bonchev–Trinajstić information content (AvgIpc) is 4.16. The molecule has 0 spiro atoms. The van der Waals surface area contributed by atoms with E-state index in [1.165, 1.54) is 11.0 Å². The molecule has 0 radical (unpaired) electrons. The zero-order chi connectivity index (χ0) is 47.8. The van der Waals surface area contributed by atoms with Crippen molar-refractivity contribution in [2.24, 2.45) is 16.3 Å². The monoisotopic (exact) mass is 906 g/mol. The summed E-state index contributed by atoms with van der Waals surface area (Å²) in [5.74, 6) is -2.80. The molecule has 3 fully saturated rings. The summed E-state index contributed by atoms with van der Waals surface area (Å²) in [6.07, 6.45) is 4.53. The summed E-state index contributed by atoms with van der Waals surface area (Å²) in [4.78, 5) is 83.3. The van der Waals surface area contributed by atoms with Gasteiger partial charge in [0.1, 0.15) is 29.3 Å². The fourth-order valence-electron chi connectivity index (χ4n) is 7.72. The number of carbonyl (C=O) groups is 5. The van der Waals surface area contributed by atoms with Crippen molar-refractivity contribution < 1.29 is 46.7 Å². The topological polar surface area (TPSA) is 219 Å². The van der Waals surface area contributed by atoms with Gasteiger partial charge >= 0.3 is 12.2 Å². The maximum absolute atomic E-state index is 14.3. The molecule has 1 heterocycles. The number of sulfonamides is 1. The molecule has 64 heavy (non-hydrogen) atoms. The molecule has 3 aliphatic rings. The fourth-order valence-corrected chi connectivity index (χ4v) is 9.09. The van der Waals surface area contributed by atoms with E-state index in [1.807, 2.05) is 50.2 Å². The van der Waals surface area contributed by atoms with E-state index in [9.17, 15) is 37.2 Å². The first-order chi connectivity index (χ1) is 30.0. The van der Waals surface area contributed by atoms with Gasteiger partial charge in [0.2, 0.25) is 27.9 Å². The van der Waals surface area contributed by atoms with Crippen molar-refractivity contribution >= 4 is 57.4 Å². The normalized spacial score (nSPS) is 20.8. The van der Waals surface area contributed by atoms with Gasteiger partial charge in [0.05, 0.1) is 23.2 Å². The molecular formula is C47H66N6O10S. The Balaban J connectivity index is 0.000000591. The Morgan fingerprint density at radius 3 is 1.91 bits per heavy atom. The van der Waals surface area contributed by atoms with Crippen LogP contribution >= 0.6 is 0 Å². The average molecular weight is 907 g/mol. The molecule has 0 aromatic heterocycles. The molecule has 17 heteroatoms. The molecule has 1 aliphatic heterocycles. The van der Waals surface area contributed by atoms with E-state index >= 15 is 0 Å². The number of carbonyl (C=O) groups excluding carboxylic acids is 6. The van der Waals surface area contributed by atoms with Gasteiger partial charge in [0.15, 0.2) is 0 Å². The van der Waals surface area contributed by atoms with Crippen molar-refractivity contribution in [1.29, 1.82) is 0 Å². The summed E-state index contributed by atoms with van der Waals surface area (Å²) in [6.45, 7) is 21.9. The Kier molecular flexibility index (Phi) is 16.7. The minimum Gasteiger partial charge on any atom is -0.444 e. The SMILES string of the molecule is C=CC1C[C@]1(NC(=O)[C@@H]1C[C@@H](OC(=O)Nc2c(CC)cccc2CC)CN1C(=O)[C@@H](NC(=O)OC(C)(C)C)C(C)(C)C)C(=O)NS(=O)(=O)C1CC1.CCc1cccc(CC)c1N=C=O.